The minimum absolute atomic E-state index is 0.0198. The molecule has 0 fully saturated rings. The van der Waals surface area contributed by atoms with Gasteiger partial charge in [-0.1, -0.05) is 42.5 Å². The van der Waals surface area contributed by atoms with Gasteiger partial charge in [0.1, 0.15) is 11.6 Å². The number of nitrogens with two attached hydrogens (primary N) is 1. The molecule has 1 aliphatic rings. The van der Waals surface area contributed by atoms with Crippen LogP contribution in [0.5, 0.6) is 5.75 Å². The third kappa shape index (κ3) is 4.45. The topological polar surface area (TPSA) is 118 Å². The minimum atomic E-state index is -1.15. The molecule has 0 spiro atoms. The Hall–Kier alpha value is -4.17. The van der Waals surface area contributed by atoms with Gasteiger partial charge < -0.3 is 25.4 Å². The second-order valence-corrected chi connectivity index (χ2v) is 7.27. The number of likely N-dealkylation sites (N-methyl/N-ethyl adjacent to an activating group) is 1. The summed E-state index contributed by atoms with van der Waals surface area (Å²) in [6.45, 7) is 0.131. The summed E-state index contributed by atoms with van der Waals surface area (Å²) in [4.78, 5) is 26.7. The lowest BCUT2D eigenvalue weighted by molar-refractivity contribution is -0.153. The van der Waals surface area contributed by atoms with Gasteiger partial charge in [-0.15, -0.1) is 0 Å². The number of hydrogen-bond acceptors (Lipinski definition) is 5. The molecular weight excluding hydrogens is 408 g/mol. The SMILES string of the molecule is CN1C(=O)C(OCc2ccc(C(=N)N)cc2)Oc2cc(C(=O)Nc3ccccc3)ccc21. The van der Waals surface area contributed by atoms with E-state index in [1.807, 2.05) is 18.2 Å². The highest BCUT2D eigenvalue weighted by Crippen LogP contribution is 2.34. The second-order valence-electron chi connectivity index (χ2n) is 7.27. The molecule has 3 aromatic rings. The van der Waals surface area contributed by atoms with Crippen molar-refractivity contribution in [3.8, 4) is 5.75 Å². The number of amides is 2. The van der Waals surface area contributed by atoms with Crippen LogP contribution in [-0.4, -0.2) is 31.0 Å². The number of hydrogen-bond donors (Lipinski definition) is 3. The molecular formula is C24H22N4O4. The Morgan fingerprint density at radius 2 is 1.78 bits per heavy atom. The molecule has 1 unspecified atom stereocenters. The number of benzene rings is 3. The Labute approximate surface area is 185 Å². The molecule has 2 amide bonds. The molecule has 0 aromatic heterocycles. The predicted molar refractivity (Wildman–Crippen MR) is 121 cm³/mol. The van der Waals surface area contributed by atoms with Crippen LogP contribution in [0.25, 0.3) is 0 Å². The number of rotatable bonds is 6. The molecule has 0 saturated heterocycles. The standard InChI is InChI=1S/C24H22N4O4/c1-28-19-12-11-17(22(29)27-18-5-3-2-4-6-18)13-20(19)32-24(23(28)30)31-14-15-7-9-16(10-8-15)21(25)26/h2-13,24H,14H2,1H3,(H3,25,26)(H,27,29). The molecule has 1 aliphatic heterocycles. The van der Waals surface area contributed by atoms with Crippen LogP contribution in [0.3, 0.4) is 0 Å². The summed E-state index contributed by atoms with van der Waals surface area (Å²) < 4.78 is 11.5. The van der Waals surface area contributed by atoms with Gasteiger partial charge in [0.2, 0.25) is 0 Å². The van der Waals surface area contributed by atoms with Gasteiger partial charge in [0.25, 0.3) is 18.1 Å². The Morgan fingerprint density at radius 1 is 1.09 bits per heavy atom. The summed E-state index contributed by atoms with van der Waals surface area (Å²) in [6, 6.07) is 21.0. The molecule has 1 atom stereocenters. The van der Waals surface area contributed by atoms with Gasteiger partial charge in [-0.05, 0) is 35.9 Å². The first-order chi connectivity index (χ1) is 15.4. The molecule has 0 saturated carbocycles. The van der Waals surface area contributed by atoms with Crippen molar-refractivity contribution in [2.75, 3.05) is 17.3 Å². The van der Waals surface area contributed by atoms with E-state index in [9.17, 15) is 9.59 Å². The highest BCUT2D eigenvalue weighted by atomic mass is 16.7. The number of ether oxygens (including phenoxy) is 2. The Kier molecular flexibility index (Phi) is 5.87. The first-order valence-corrected chi connectivity index (χ1v) is 9.92. The molecule has 1 heterocycles. The maximum Gasteiger partial charge on any atom is 0.296 e. The summed E-state index contributed by atoms with van der Waals surface area (Å²) in [6.07, 6.45) is -1.15. The Balaban J connectivity index is 1.47. The molecule has 8 nitrogen and oxygen atoms in total. The van der Waals surface area contributed by atoms with Crippen LogP contribution in [0.2, 0.25) is 0 Å². The molecule has 4 N–H and O–H groups in total. The van der Waals surface area contributed by atoms with Gasteiger partial charge in [-0.25, -0.2) is 0 Å². The van der Waals surface area contributed by atoms with Gasteiger partial charge in [-0.3, -0.25) is 15.0 Å². The largest absolute Gasteiger partial charge is 0.453 e. The number of carbonyl (C=O) groups is 2. The molecule has 162 valence electrons. The van der Waals surface area contributed by atoms with E-state index in [1.165, 1.54) is 4.90 Å². The normalized spacial score (nSPS) is 15.0. The molecule has 4 rings (SSSR count). The fourth-order valence-electron chi connectivity index (χ4n) is 3.25. The lowest BCUT2D eigenvalue weighted by atomic mass is 10.1. The van der Waals surface area contributed by atoms with E-state index in [2.05, 4.69) is 5.32 Å². The van der Waals surface area contributed by atoms with Crippen LogP contribution in [-0.2, 0) is 16.1 Å². The maximum atomic E-state index is 12.7. The van der Waals surface area contributed by atoms with E-state index < -0.39 is 6.29 Å². The predicted octanol–water partition coefficient (Wildman–Crippen LogP) is 3.12. The number of carbonyl (C=O) groups excluding carboxylic acids is 2. The van der Waals surface area contributed by atoms with E-state index >= 15 is 0 Å². The van der Waals surface area contributed by atoms with Gasteiger partial charge >= 0.3 is 0 Å². The number of fused-ring (bicyclic) bond motifs is 1. The van der Waals surface area contributed by atoms with E-state index in [0.717, 1.165) is 5.56 Å². The van der Waals surface area contributed by atoms with Gasteiger partial charge in [0, 0.05) is 23.9 Å². The monoisotopic (exact) mass is 430 g/mol. The van der Waals surface area contributed by atoms with E-state index in [0.29, 0.717) is 28.3 Å². The third-order valence-electron chi connectivity index (χ3n) is 5.05. The lowest BCUT2D eigenvalue weighted by Gasteiger charge is -2.31. The number of nitrogen functional groups attached to an aromatic ring is 1. The number of nitrogens with zero attached hydrogens (tertiary/aromatic N) is 1. The Morgan fingerprint density at radius 3 is 2.47 bits per heavy atom. The summed E-state index contributed by atoms with van der Waals surface area (Å²) >= 11 is 0. The van der Waals surface area contributed by atoms with Crippen LogP contribution in [0.15, 0.2) is 72.8 Å². The molecule has 8 heteroatoms. The third-order valence-corrected chi connectivity index (χ3v) is 5.05. The van der Waals surface area contributed by atoms with Gasteiger partial charge in [-0.2, -0.15) is 0 Å². The van der Waals surface area contributed by atoms with Crippen LogP contribution in [0.1, 0.15) is 21.5 Å². The molecule has 0 radical (unpaired) electrons. The quantitative estimate of drug-likeness (QED) is 0.410. The summed E-state index contributed by atoms with van der Waals surface area (Å²) in [5.41, 5.74) is 8.50. The molecule has 0 aliphatic carbocycles. The summed E-state index contributed by atoms with van der Waals surface area (Å²) in [7, 11) is 1.63. The van der Waals surface area contributed by atoms with Crippen molar-refractivity contribution in [3.63, 3.8) is 0 Å². The Bertz CT molecular complexity index is 1160. The van der Waals surface area contributed by atoms with E-state index in [1.54, 1.807) is 61.6 Å². The van der Waals surface area contributed by atoms with Crippen molar-refractivity contribution in [2.24, 2.45) is 5.73 Å². The molecule has 0 bridgehead atoms. The van der Waals surface area contributed by atoms with Crippen LogP contribution in [0.4, 0.5) is 11.4 Å². The molecule has 3 aromatic carbocycles. The van der Waals surface area contributed by atoms with Crippen LogP contribution < -0.4 is 20.7 Å². The highest BCUT2D eigenvalue weighted by Gasteiger charge is 2.33. The smallest absolute Gasteiger partial charge is 0.296 e. The first kappa shape index (κ1) is 21.1. The fraction of sp³-hybridized carbons (Fsp3) is 0.125. The average Bonchev–Trinajstić information content (AvgIpc) is 2.81. The number of anilines is 2. The van der Waals surface area contributed by atoms with E-state index in [-0.39, 0.29) is 24.3 Å². The zero-order valence-electron chi connectivity index (χ0n) is 17.4. The number of amidine groups is 1. The maximum absolute atomic E-state index is 12.7. The van der Waals surface area contributed by atoms with Crippen molar-refractivity contribution in [1.29, 1.82) is 5.41 Å². The lowest BCUT2D eigenvalue weighted by Crippen LogP contribution is -2.45. The van der Waals surface area contributed by atoms with Gasteiger partial charge in [0.15, 0.2) is 0 Å². The fourth-order valence-corrected chi connectivity index (χ4v) is 3.25. The van der Waals surface area contributed by atoms with Crippen molar-refractivity contribution < 1.29 is 19.1 Å². The van der Waals surface area contributed by atoms with Crippen molar-refractivity contribution in [3.05, 3.63) is 89.5 Å². The van der Waals surface area contributed by atoms with Crippen LogP contribution >= 0.6 is 0 Å². The van der Waals surface area contributed by atoms with Crippen molar-refractivity contribution in [2.45, 2.75) is 12.9 Å². The van der Waals surface area contributed by atoms with E-state index in [4.69, 9.17) is 20.6 Å². The van der Waals surface area contributed by atoms with Crippen molar-refractivity contribution >= 4 is 29.0 Å². The zero-order chi connectivity index (χ0) is 22.7. The van der Waals surface area contributed by atoms with Crippen LogP contribution in [0, 0.1) is 5.41 Å². The molecule has 32 heavy (non-hydrogen) atoms. The van der Waals surface area contributed by atoms with Crippen molar-refractivity contribution in [1.82, 2.24) is 0 Å². The zero-order valence-corrected chi connectivity index (χ0v) is 17.4. The second kappa shape index (κ2) is 8.91. The number of nitrogens with one attached hydrogen (secondary N) is 2. The summed E-state index contributed by atoms with van der Waals surface area (Å²) in [5.74, 6) is -0.275. The average molecular weight is 430 g/mol. The highest BCUT2D eigenvalue weighted by molar-refractivity contribution is 6.06. The first-order valence-electron chi connectivity index (χ1n) is 9.92. The minimum Gasteiger partial charge on any atom is -0.453 e. The van der Waals surface area contributed by atoms with Gasteiger partial charge in [0.05, 0.1) is 12.3 Å². The number of para-hydroxylation sites is 1. The summed E-state index contributed by atoms with van der Waals surface area (Å²) in [5, 5.41) is 10.3.